The van der Waals surface area contributed by atoms with Crippen molar-refractivity contribution < 1.29 is 14.3 Å². The number of aromatic nitrogens is 1. The normalized spacial score (nSPS) is 10.7. The van der Waals surface area contributed by atoms with Crippen LogP contribution < -0.4 is 20.3 Å². The van der Waals surface area contributed by atoms with E-state index in [1.807, 2.05) is 24.3 Å². The van der Waals surface area contributed by atoms with Gasteiger partial charge in [-0.2, -0.15) is 0 Å². The van der Waals surface area contributed by atoms with Crippen LogP contribution >= 0.6 is 11.5 Å². The highest BCUT2D eigenvalue weighted by Gasteiger charge is 2.11. The summed E-state index contributed by atoms with van der Waals surface area (Å²) in [5.41, 5.74) is 0.566. The molecule has 0 saturated heterocycles. The summed E-state index contributed by atoms with van der Waals surface area (Å²) in [4.78, 5) is 24.5. The van der Waals surface area contributed by atoms with Crippen molar-refractivity contribution in [1.82, 2.24) is 3.96 Å². The number of nitrogens with zero attached hydrogens (tertiary/aromatic N) is 1. The van der Waals surface area contributed by atoms with Crippen molar-refractivity contribution in [2.75, 3.05) is 19.5 Å². The number of carbonyl (C=O) groups excluding carboxylic acids is 1. The van der Waals surface area contributed by atoms with E-state index >= 15 is 0 Å². The zero-order valence-electron chi connectivity index (χ0n) is 14.7. The molecule has 0 aliphatic heterocycles. The average Bonchev–Trinajstić information content (AvgIpc) is 2.98. The van der Waals surface area contributed by atoms with Gasteiger partial charge in [0, 0.05) is 19.0 Å². The van der Waals surface area contributed by atoms with Crippen molar-refractivity contribution >= 4 is 33.2 Å². The molecule has 136 valence electrons. The molecule has 0 unspecified atom stereocenters. The Morgan fingerprint density at radius 1 is 1.15 bits per heavy atom. The van der Waals surface area contributed by atoms with Crippen LogP contribution in [0, 0.1) is 0 Å². The minimum Gasteiger partial charge on any atom is -0.497 e. The van der Waals surface area contributed by atoms with Crippen LogP contribution in [0.4, 0.5) is 5.69 Å². The van der Waals surface area contributed by atoms with E-state index in [1.54, 1.807) is 36.4 Å². The van der Waals surface area contributed by atoms with E-state index < -0.39 is 0 Å². The Labute approximate surface area is 155 Å². The lowest BCUT2D eigenvalue weighted by Gasteiger charge is -2.11. The molecule has 0 bridgehead atoms. The second-order valence-corrected chi connectivity index (χ2v) is 6.78. The van der Waals surface area contributed by atoms with Crippen LogP contribution in [0.3, 0.4) is 0 Å². The first-order chi connectivity index (χ1) is 12.6. The van der Waals surface area contributed by atoms with E-state index in [-0.39, 0.29) is 11.5 Å². The van der Waals surface area contributed by atoms with E-state index in [0.717, 1.165) is 10.1 Å². The summed E-state index contributed by atoms with van der Waals surface area (Å²) in [7, 11) is 3.11. The van der Waals surface area contributed by atoms with E-state index in [0.29, 0.717) is 36.6 Å². The topological polar surface area (TPSA) is 69.6 Å². The zero-order chi connectivity index (χ0) is 18.5. The van der Waals surface area contributed by atoms with Crippen LogP contribution in [-0.2, 0) is 11.3 Å². The summed E-state index contributed by atoms with van der Waals surface area (Å²) in [6, 6.07) is 12.8. The number of rotatable bonds is 7. The van der Waals surface area contributed by atoms with Crippen molar-refractivity contribution in [2.45, 2.75) is 19.4 Å². The fraction of sp³-hybridized carbons (Fsp3) is 0.263. The first kappa shape index (κ1) is 18.0. The van der Waals surface area contributed by atoms with Gasteiger partial charge in [0.2, 0.25) is 5.91 Å². The molecule has 1 heterocycles. The molecule has 0 fully saturated rings. The van der Waals surface area contributed by atoms with Crippen LogP contribution in [0.15, 0.2) is 47.3 Å². The number of hydrogen-bond acceptors (Lipinski definition) is 5. The average molecular weight is 372 g/mol. The van der Waals surface area contributed by atoms with Gasteiger partial charge in [-0.05, 0) is 30.7 Å². The molecule has 3 rings (SSSR count). The van der Waals surface area contributed by atoms with Gasteiger partial charge in [-0.25, -0.2) is 0 Å². The Balaban J connectivity index is 1.61. The molecule has 1 aromatic heterocycles. The van der Waals surface area contributed by atoms with Gasteiger partial charge in [-0.3, -0.25) is 13.5 Å². The summed E-state index contributed by atoms with van der Waals surface area (Å²) in [5, 5.41) is 3.56. The summed E-state index contributed by atoms with van der Waals surface area (Å²) in [6.45, 7) is 0.515. The van der Waals surface area contributed by atoms with Crippen molar-refractivity contribution in [3.63, 3.8) is 0 Å². The van der Waals surface area contributed by atoms with Gasteiger partial charge < -0.3 is 14.8 Å². The summed E-state index contributed by atoms with van der Waals surface area (Å²) in [6.07, 6.45) is 0.881. The number of carbonyl (C=O) groups is 1. The molecule has 0 aliphatic rings. The molecule has 1 amide bonds. The molecule has 0 radical (unpaired) electrons. The van der Waals surface area contributed by atoms with Gasteiger partial charge in [-0.15, -0.1) is 0 Å². The molecular weight excluding hydrogens is 352 g/mol. The lowest BCUT2D eigenvalue weighted by molar-refractivity contribution is -0.116. The third kappa shape index (κ3) is 3.88. The van der Waals surface area contributed by atoms with Gasteiger partial charge in [0.15, 0.2) is 0 Å². The molecule has 26 heavy (non-hydrogen) atoms. The maximum atomic E-state index is 12.3. The Morgan fingerprint density at radius 2 is 1.96 bits per heavy atom. The number of benzene rings is 2. The molecule has 2 aromatic carbocycles. The van der Waals surface area contributed by atoms with E-state index in [4.69, 9.17) is 9.47 Å². The van der Waals surface area contributed by atoms with Crippen LogP contribution in [0.2, 0.25) is 0 Å². The van der Waals surface area contributed by atoms with Crippen LogP contribution in [0.1, 0.15) is 12.8 Å². The Hall–Kier alpha value is -2.80. The number of methoxy groups -OCH3 is 2. The standard InChI is InChI=1S/C19H20N2O4S/c1-24-13-9-10-16(25-2)15(12-13)20-18(22)8-5-11-21-19(23)14-6-3-4-7-17(14)26-21/h3-4,6-7,9-10,12H,5,8,11H2,1-2H3,(H,20,22). The van der Waals surface area contributed by atoms with Crippen molar-refractivity contribution in [3.8, 4) is 11.5 Å². The van der Waals surface area contributed by atoms with Crippen LogP contribution in [0.5, 0.6) is 11.5 Å². The quantitative estimate of drug-likeness (QED) is 0.689. The summed E-state index contributed by atoms with van der Waals surface area (Å²) < 4.78 is 13.1. The zero-order valence-corrected chi connectivity index (χ0v) is 15.5. The second kappa shape index (κ2) is 8.05. The van der Waals surface area contributed by atoms with Crippen LogP contribution in [0.25, 0.3) is 10.1 Å². The Kier molecular flexibility index (Phi) is 5.58. The number of fused-ring (bicyclic) bond motifs is 1. The molecule has 0 saturated carbocycles. The molecular formula is C19H20N2O4S. The van der Waals surface area contributed by atoms with E-state index in [2.05, 4.69) is 5.32 Å². The largest absolute Gasteiger partial charge is 0.497 e. The number of ether oxygens (including phenoxy) is 2. The van der Waals surface area contributed by atoms with Gasteiger partial charge in [-0.1, -0.05) is 23.7 Å². The van der Waals surface area contributed by atoms with E-state index in [9.17, 15) is 9.59 Å². The monoisotopic (exact) mass is 372 g/mol. The lowest BCUT2D eigenvalue weighted by Crippen LogP contribution is -2.16. The lowest BCUT2D eigenvalue weighted by atomic mass is 10.2. The highest BCUT2D eigenvalue weighted by molar-refractivity contribution is 7.13. The highest BCUT2D eigenvalue weighted by Crippen LogP contribution is 2.29. The number of amides is 1. The van der Waals surface area contributed by atoms with Crippen LogP contribution in [-0.4, -0.2) is 24.1 Å². The van der Waals surface area contributed by atoms with Gasteiger partial charge >= 0.3 is 0 Å². The van der Waals surface area contributed by atoms with Crippen molar-refractivity contribution in [2.24, 2.45) is 0 Å². The number of anilines is 1. The maximum absolute atomic E-state index is 12.3. The SMILES string of the molecule is COc1ccc(OC)c(NC(=O)CCCn2sc3ccccc3c2=O)c1. The first-order valence-corrected chi connectivity index (χ1v) is 9.00. The molecule has 3 aromatic rings. The minimum atomic E-state index is -0.134. The second-order valence-electron chi connectivity index (χ2n) is 5.71. The molecule has 6 nitrogen and oxygen atoms in total. The molecule has 1 N–H and O–H groups in total. The number of hydrogen-bond donors (Lipinski definition) is 1. The minimum absolute atomic E-state index is 0.000438. The smallest absolute Gasteiger partial charge is 0.268 e. The first-order valence-electron chi connectivity index (χ1n) is 8.23. The number of nitrogens with one attached hydrogen (secondary N) is 1. The fourth-order valence-corrected chi connectivity index (χ4v) is 3.70. The predicted molar refractivity (Wildman–Crippen MR) is 103 cm³/mol. The number of aryl methyl sites for hydroxylation is 1. The molecule has 0 atom stereocenters. The van der Waals surface area contributed by atoms with E-state index in [1.165, 1.54) is 11.5 Å². The Bertz CT molecular complexity index is 977. The third-order valence-corrected chi connectivity index (χ3v) is 5.12. The van der Waals surface area contributed by atoms with Gasteiger partial charge in [0.1, 0.15) is 11.5 Å². The molecule has 7 heteroatoms. The summed E-state index contributed by atoms with van der Waals surface area (Å²) >= 11 is 1.43. The fourth-order valence-electron chi connectivity index (χ4n) is 2.67. The Morgan fingerprint density at radius 3 is 2.69 bits per heavy atom. The maximum Gasteiger partial charge on any atom is 0.268 e. The summed E-state index contributed by atoms with van der Waals surface area (Å²) in [5.74, 6) is 1.07. The highest BCUT2D eigenvalue weighted by atomic mass is 32.1. The van der Waals surface area contributed by atoms with Gasteiger partial charge in [0.05, 0.1) is 30.0 Å². The predicted octanol–water partition coefficient (Wildman–Crippen LogP) is 3.50. The molecule has 0 spiro atoms. The third-order valence-electron chi connectivity index (χ3n) is 4.00. The van der Waals surface area contributed by atoms with Crippen molar-refractivity contribution in [3.05, 3.63) is 52.8 Å². The van der Waals surface area contributed by atoms with Gasteiger partial charge in [0.25, 0.3) is 5.56 Å². The molecule has 0 aliphatic carbocycles. The van der Waals surface area contributed by atoms with Crippen molar-refractivity contribution in [1.29, 1.82) is 0 Å².